The normalized spacial score (nSPS) is 12.4. The molecule has 6 nitrogen and oxygen atoms in total. The Morgan fingerprint density at radius 1 is 1.12 bits per heavy atom. The van der Waals surface area contributed by atoms with Crippen molar-refractivity contribution in [2.75, 3.05) is 25.2 Å². The van der Waals surface area contributed by atoms with Gasteiger partial charge in [0.05, 0.1) is 4.90 Å². The lowest BCUT2D eigenvalue weighted by atomic mass is 10.1. The molecule has 0 aliphatic carbocycles. The summed E-state index contributed by atoms with van der Waals surface area (Å²) < 4.78 is 28.8. The Bertz CT molecular complexity index is 832. The van der Waals surface area contributed by atoms with Gasteiger partial charge in [0.25, 0.3) is 0 Å². The highest BCUT2D eigenvalue weighted by atomic mass is 32.2. The predicted octanol–water partition coefficient (Wildman–Crippen LogP) is 2.68. The Hall–Kier alpha value is -2.38. The second kappa shape index (κ2) is 8.13. The molecule has 2 aromatic carbocycles. The number of carbonyl (C=O) groups is 1. The van der Waals surface area contributed by atoms with Gasteiger partial charge in [-0.25, -0.2) is 8.42 Å². The Morgan fingerprint density at radius 3 is 2.40 bits per heavy atom. The van der Waals surface area contributed by atoms with Crippen LogP contribution < -0.4 is 15.4 Å². The molecule has 2 N–H and O–H groups in total. The Labute approximate surface area is 148 Å². The highest BCUT2D eigenvalue weighted by Gasteiger charge is 2.12. The molecule has 0 radical (unpaired) electrons. The number of benzene rings is 2. The van der Waals surface area contributed by atoms with Crippen LogP contribution in [0.5, 0.6) is 11.5 Å². The van der Waals surface area contributed by atoms with Gasteiger partial charge in [0.2, 0.25) is 5.91 Å². The van der Waals surface area contributed by atoms with E-state index >= 15 is 0 Å². The van der Waals surface area contributed by atoms with Crippen molar-refractivity contribution in [1.82, 2.24) is 5.32 Å². The SMILES string of the molecule is CNCC(C)C(=O)Nc1ccc(Oc2cccc(S(C)(=O)=O)c2)cc1. The number of amides is 1. The second-order valence-electron chi connectivity index (χ2n) is 5.82. The third kappa shape index (κ3) is 5.58. The van der Waals surface area contributed by atoms with Gasteiger partial charge in [-0.1, -0.05) is 13.0 Å². The summed E-state index contributed by atoms with van der Waals surface area (Å²) in [5.41, 5.74) is 0.671. The standard InChI is InChI=1S/C18H22N2O4S/c1-13(12-19-2)18(21)20-14-7-9-15(10-8-14)24-16-5-4-6-17(11-16)25(3,22)23/h4-11,13,19H,12H2,1-3H3,(H,20,21). The Morgan fingerprint density at radius 2 is 1.80 bits per heavy atom. The number of hydrogen-bond donors (Lipinski definition) is 2. The number of hydrogen-bond acceptors (Lipinski definition) is 5. The van der Waals surface area contributed by atoms with Crippen molar-refractivity contribution in [3.63, 3.8) is 0 Å². The van der Waals surface area contributed by atoms with Crippen LogP contribution in [0.2, 0.25) is 0 Å². The molecule has 0 heterocycles. The number of nitrogens with one attached hydrogen (secondary N) is 2. The first-order chi connectivity index (χ1) is 11.8. The van der Waals surface area contributed by atoms with E-state index in [0.717, 1.165) is 6.26 Å². The summed E-state index contributed by atoms with van der Waals surface area (Å²) in [6.45, 7) is 2.45. The third-order valence-electron chi connectivity index (χ3n) is 3.55. The molecule has 134 valence electrons. The molecular formula is C18H22N2O4S. The van der Waals surface area contributed by atoms with Gasteiger partial charge < -0.3 is 15.4 Å². The molecule has 1 amide bonds. The van der Waals surface area contributed by atoms with E-state index in [2.05, 4.69) is 10.6 Å². The van der Waals surface area contributed by atoms with Crippen LogP contribution >= 0.6 is 0 Å². The molecule has 0 saturated carbocycles. The molecule has 0 aromatic heterocycles. The number of anilines is 1. The van der Waals surface area contributed by atoms with Crippen LogP contribution in [-0.4, -0.2) is 34.2 Å². The minimum absolute atomic E-state index is 0.0659. The number of rotatable bonds is 7. The van der Waals surface area contributed by atoms with Gasteiger partial charge >= 0.3 is 0 Å². The summed E-state index contributed by atoms with van der Waals surface area (Å²) in [6, 6.07) is 13.2. The maximum absolute atomic E-state index is 12.0. The molecule has 0 aliphatic heterocycles. The zero-order valence-corrected chi connectivity index (χ0v) is 15.3. The smallest absolute Gasteiger partial charge is 0.228 e. The number of carbonyl (C=O) groups excluding carboxylic acids is 1. The molecule has 2 aromatic rings. The largest absolute Gasteiger partial charge is 0.457 e. The van der Waals surface area contributed by atoms with Crippen molar-refractivity contribution in [1.29, 1.82) is 0 Å². The molecule has 1 unspecified atom stereocenters. The molecule has 0 spiro atoms. The van der Waals surface area contributed by atoms with Gasteiger partial charge in [-0.15, -0.1) is 0 Å². The van der Waals surface area contributed by atoms with Crippen LogP contribution in [-0.2, 0) is 14.6 Å². The van der Waals surface area contributed by atoms with E-state index in [1.807, 2.05) is 6.92 Å². The summed E-state index contributed by atoms with van der Waals surface area (Å²) in [5.74, 6) is 0.776. The fraction of sp³-hybridized carbons (Fsp3) is 0.278. The fourth-order valence-electron chi connectivity index (χ4n) is 2.18. The topological polar surface area (TPSA) is 84.5 Å². The van der Waals surface area contributed by atoms with Crippen molar-refractivity contribution < 1.29 is 17.9 Å². The maximum atomic E-state index is 12.0. The van der Waals surface area contributed by atoms with Crippen molar-refractivity contribution in [2.24, 2.45) is 5.92 Å². The molecule has 0 bridgehead atoms. The van der Waals surface area contributed by atoms with Gasteiger partial charge in [0.15, 0.2) is 9.84 Å². The minimum atomic E-state index is -3.28. The summed E-state index contributed by atoms with van der Waals surface area (Å²) in [6.07, 6.45) is 1.15. The first-order valence-corrected chi connectivity index (χ1v) is 9.72. The highest BCUT2D eigenvalue weighted by molar-refractivity contribution is 7.90. The lowest BCUT2D eigenvalue weighted by Crippen LogP contribution is -2.28. The van der Waals surface area contributed by atoms with Gasteiger partial charge in [-0.3, -0.25) is 4.79 Å². The number of sulfone groups is 1. The zero-order valence-electron chi connectivity index (χ0n) is 14.4. The Kier molecular flexibility index (Phi) is 6.17. The van der Waals surface area contributed by atoms with Crippen LogP contribution in [0.3, 0.4) is 0 Å². The fourth-order valence-corrected chi connectivity index (χ4v) is 2.83. The van der Waals surface area contributed by atoms with Crippen LogP contribution in [0.25, 0.3) is 0 Å². The van der Waals surface area contributed by atoms with E-state index in [1.54, 1.807) is 43.4 Å². The van der Waals surface area contributed by atoms with E-state index in [4.69, 9.17) is 4.74 Å². The lowest BCUT2D eigenvalue weighted by Gasteiger charge is -2.12. The quantitative estimate of drug-likeness (QED) is 0.791. The zero-order chi connectivity index (χ0) is 18.4. The molecule has 2 rings (SSSR count). The molecule has 7 heteroatoms. The first-order valence-electron chi connectivity index (χ1n) is 7.83. The van der Waals surface area contributed by atoms with Crippen LogP contribution in [0, 0.1) is 5.92 Å². The van der Waals surface area contributed by atoms with Crippen LogP contribution in [0.15, 0.2) is 53.4 Å². The van der Waals surface area contributed by atoms with Gasteiger partial charge in [0.1, 0.15) is 11.5 Å². The molecule has 0 aliphatic rings. The summed E-state index contributed by atoms with van der Waals surface area (Å²) in [5, 5.41) is 5.79. The van der Waals surface area contributed by atoms with E-state index in [9.17, 15) is 13.2 Å². The van der Waals surface area contributed by atoms with E-state index < -0.39 is 9.84 Å². The average molecular weight is 362 g/mol. The minimum Gasteiger partial charge on any atom is -0.457 e. The number of ether oxygens (including phenoxy) is 1. The molecule has 1 atom stereocenters. The highest BCUT2D eigenvalue weighted by Crippen LogP contribution is 2.25. The predicted molar refractivity (Wildman–Crippen MR) is 97.8 cm³/mol. The molecule has 0 saturated heterocycles. The van der Waals surface area contributed by atoms with Crippen molar-refractivity contribution >= 4 is 21.4 Å². The average Bonchev–Trinajstić information content (AvgIpc) is 2.56. The monoisotopic (exact) mass is 362 g/mol. The van der Waals surface area contributed by atoms with E-state index in [1.165, 1.54) is 12.1 Å². The first kappa shape index (κ1) is 19.0. The summed E-state index contributed by atoms with van der Waals surface area (Å²) in [4.78, 5) is 12.2. The maximum Gasteiger partial charge on any atom is 0.228 e. The lowest BCUT2D eigenvalue weighted by molar-refractivity contribution is -0.119. The molecule has 25 heavy (non-hydrogen) atoms. The van der Waals surface area contributed by atoms with Crippen molar-refractivity contribution in [2.45, 2.75) is 11.8 Å². The molecule has 0 fully saturated rings. The van der Waals surface area contributed by atoms with Gasteiger partial charge in [-0.2, -0.15) is 0 Å². The Balaban J connectivity index is 2.05. The second-order valence-corrected chi connectivity index (χ2v) is 7.84. The summed E-state index contributed by atoms with van der Waals surface area (Å²) in [7, 11) is -1.48. The summed E-state index contributed by atoms with van der Waals surface area (Å²) >= 11 is 0. The van der Waals surface area contributed by atoms with Crippen LogP contribution in [0.4, 0.5) is 5.69 Å². The van der Waals surface area contributed by atoms with Gasteiger partial charge in [-0.05, 0) is 49.5 Å². The van der Waals surface area contributed by atoms with Crippen LogP contribution in [0.1, 0.15) is 6.92 Å². The van der Waals surface area contributed by atoms with Crippen molar-refractivity contribution in [3.8, 4) is 11.5 Å². The third-order valence-corrected chi connectivity index (χ3v) is 4.66. The van der Waals surface area contributed by atoms with E-state index in [-0.39, 0.29) is 16.7 Å². The van der Waals surface area contributed by atoms with Gasteiger partial charge in [0, 0.05) is 24.4 Å². The van der Waals surface area contributed by atoms with Crippen molar-refractivity contribution in [3.05, 3.63) is 48.5 Å². The van der Waals surface area contributed by atoms with E-state index in [0.29, 0.717) is 23.7 Å². The molecular weight excluding hydrogens is 340 g/mol.